The summed E-state index contributed by atoms with van der Waals surface area (Å²) in [6.07, 6.45) is 3.05. The van der Waals surface area contributed by atoms with Gasteiger partial charge in [-0.3, -0.25) is 4.90 Å². The molecule has 1 aromatic rings. The van der Waals surface area contributed by atoms with E-state index in [-0.39, 0.29) is 12.2 Å². The van der Waals surface area contributed by atoms with Crippen molar-refractivity contribution < 1.29 is 9.53 Å². The van der Waals surface area contributed by atoms with Gasteiger partial charge < -0.3 is 10.1 Å². The number of cyclic esters (lactones) is 1. The molecule has 2 aliphatic heterocycles. The van der Waals surface area contributed by atoms with Crippen LogP contribution in [0.15, 0.2) is 18.2 Å². The summed E-state index contributed by atoms with van der Waals surface area (Å²) in [6.45, 7) is 4.68. The van der Waals surface area contributed by atoms with Gasteiger partial charge >= 0.3 is 6.09 Å². The molecule has 3 rings (SSSR count). The molecular weight excluding hydrogens is 254 g/mol. The van der Waals surface area contributed by atoms with Crippen LogP contribution in [0.5, 0.6) is 0 Å². The van der Waals surface area contributed by atoms with Crippen LogP contribution in [0.2, 0.25) is 0 Å². The molecule has 1 N–H and O–H groups in total. The molecule has 0 spiro atoms. The molecule has 3 heterocycles. The maximum atomic E-state index is 11.7. The summed E-state index contributed by atoms with van der Waals surface area (Å²) in [4.78, 5) is 18.0. The first-order valence-corrected chi connectivity index (χ1v) is 7.37. The van der Waals surface area contributed by atoms with E-state index in [0.717, 1.165) is 25.2 Å². The van der Waals surface area contributed by atoms with Gasteiger partial charge in [-0.25, -0.2) is 9.78 Å². The molecule has 0 aliphatic carbocycles. The van der Waals surface area contributed by atoms with Gasteiger partial charge in [0.1, 0.15) is 11.9 Å². The van der Waals surface area contributed by atoms with Crippen LogP contribution >= 0.6 is 0 Å². The zero-order valence-corrected chi connectivity index (χ0v) is 11.8. The molecule has 1 aromatic heterocycles. The highest BCUT2D eigenvalue weighted by Gasteiger charge is 2.30. The lowest BCUT2D eigenvalue weighted by atomic mass is 9.93. The van der Waals surface area contributed by atoms with E-state index in [1.165, 1.54) is 12.8 Å². The molecule has 1 amide bonds. The van der Waals surface area contributed by atoms with Crippen molar-refractivity contribution in [1.29, 1.82) is 0 Å². The zero-order valence-electron chi connectivity index (χ0n) is 11.8. The summed E-state index contributed by atoms with van der Waals surface area (Å²) in [5.74, 6) is 1.41. The number of hydrogen-bond donors (Lipinski definition) is 1. The predicted octanol–water partition coefficient (Wildman–Crippen LogP) is 1.97. The molecule has 0 unspecified atom stereocenters. The largest absolute Gasteiger partial charge is 0.444 e. The fraction of sp³-hybridized carbons (Fsp3) is 0.600. The van der Waals surface area contributed by atoms with Crippen LogP contribution in [0.4, 0.5) is 10.6 Å². The number of carbonyl (C=O) groups is 1. The number of carbonyl (C=O) groups excluding carboxylic acids is 1. The van der Waals surface area contributed by atoms with Crippen molar-refractivity contribution in [2.75, 3.05) is 24.5 Å². The maximum Gasteiger partial charge on any atom is 0.415 e. The number of nitrogens with one attached hydrogen (secondary N) is 1. The molecule has 5 nitrogen and oxygen atoms in total. The number of anilines is 1. The Labute approximate surface area is 119 Å². The topological polar surface area (TPSA) is 54.5 Å². The SMILES string of the molecule is C[C@@H]1CN(c2cccc(CC3CCNCC3)n2)C(=O)O1. The molecule has 2 aliphatic rings. The van der Waals surface area contributed by atoms with Gasteiger partial charge in [0.25, 0.3) is 0 Å². The average Bonchev–Trinajstić information content (AvgIpc) is 2.79. The van der Waals surface area contributed by atoms with Gasteiger partial charge in [-0.2, -0.15) is 0 Å². The van der Waals surface area contributed by atoms with Gasteiger partial charge in [0.15, 0.2) is 0 Å². The van der Waals surface area contributed by atoms with E-state index >= 15 is 0 Å². The van der Waals surface area contributed by atoms with Crippen LogP contribution in [0.3, 0.4) is 0 Å². The van der Waals surface area contributed by atoms with Gasteiger partial charge in [-0.05, 0) is 57.3 Å². The second-order valence-electron chi connectivity index (χ2n) is 5.69. The van der Waals surface area contributed by atoms with E-state index in [0.29, 0.717) is 18.3 Å². The van der Waals surface area contributed by atoms with E-state index in [1.807, 2.05) is 19.1 Å². The summed E-state index contributed by atoms with van der Waals surface area (Å²) >= 11 is 0. The number of amides is 1. The molecule has 5 heteroatoms. The Balaban J connectivity index is 1.70. The summed E-state index contributed by atoms with van der Waals surface area (Å²) in [7, 11) is 0. The third-order valence-corrected chi connectivity index (χ3v) is 3.99. The van der Waals surface area contributed by atoms with Crippen molar-refractivity contribution in [3.8, 4) is 0 Å². The number of rotatable bonds is 3. The van der Waals surface area contributed by atoms with Crippen LogP contribution in [0, 0.1) is 5.92 Å². The first-order chi connectivity index (χ1) is 9.72. The van der Waals surface area contributed by atoms with E-state index in [4.69, 9.17) is 4.74 Å². The van der Waals surface area contributed by atoms with Gasteiger partial charge in [-0.15, -0.1) is 0 Å². The standard InChI is InChI=1S/C15H21N3O2/c1-11-10-18(15(19)20-11)14-4-2-3-13(17-14)9-12-5-7-16-8-6-12/h2-4,11-12,16H,5-10H2,1H3/t11-/m1/s1. The number of piperidine rings is 1. The monoisotopic (exact) mass is 275 g/mol. The Morgan fingerprint density at radius 1 is 1.40 bits per heavy atom. The lowest BCUT2D eigenvalue weighted by Gasteiger charge is -2.22. The van der Waals surface area contributed by atoms with Gasteiger partial charge in [0, 0.05) is 5.69 Å². The van der Waals surface area contributed by atoms with Crippen molar-refractivity contribution in [3.63, 3.8) is 0 Å². The van der Waals surface area contributed by atoms with E-state index in [2.05, 4.69) is 16.4 Å². The average molecular weight is 275 g/mol. The number of aromatic nitrogens is 1. The predicted molar refractivity (Wildman–Crippen MR) is 76.8 cm³/mol. The third kappa shape index (κ3) is 2.93. The van der Waals surface area contributed by atoms with Crippen LogP contribution in [0.1, 0.15) is 25.5 Å². The molecule has 108 valence electrons. The highest BCUT2D eigenvalue weighted by molar-refractivity contribution is 5.88. The Morgan fingerprint density at radius 3 is 2.90 bits per heavy atom. The van der Waals surface area contributed by atoms with Crippen molar-refractivity contribution in [1.82, 2.24) is 10.3 Å². The Hall–Kier alpha value is -1.62. The molecule has 0 aromatic carbocycles. The Morgan fingerprint density at radius 2 is 2.20 bits per heavy atom. The minimum absolute atomic E-state index is 0.0580. The summed E-state index contributed by atoms with van der Waals surface area (Å²) in [5.41, 5.74) is 1.07. The fourth-order valence-corrected chi connectivity index (χ4v) is 2.90. The molecule has 0 saturated carbocycles. The number of pyridine rings is 1. The molecule has 2 saturated heterocycles. The van der Waals surface area contributed by atoms with Gasteiger partial charge in [0.2, 0.25) is 0 Å². The van der Waals surface area contributed by atoms with Crippen molar-refractivity contribution >= 4 is 11.9 Å². The van der Waals surface area contributed by atoms with E-state index in [1.54, 1.807) is 4.90 Å². The fourth-order valence-electron chi connectivity index (χ4n) is 2.90. The molecule has 0 radical (unpaired) electrons. The van der Waals surface area contributed by atoms with Gasteiger partial charge in [0.05, 0.1) is 6.54 Å². The highest BCUT2D eigenvalue weighted by atomic mass is 16.6. The molecule has 1 atom stereocenters. The minimum atomic E-state index is -0.288. The molecule has 0 bridgehead atoms. The van der Waals surface area contributed by atoms with E-state index < -0.39 is 0 Å². The molecule has 20 heavy (non-hydrogen) atoms. The first kappa shape index (κ1) is 13.4. The lowest BCUT2D eigenvalue weighted by Crippen LogP contribution is -2.29. The molecular formula is C15H21N3O2. The smallest absolute Gasteiger partial charge is 0.415 e. The van der Waals surface area contributed by atoms with Gasteiger partial charge in [-0.1, -0.05) is 6.07 Å². The molecule has 2 fully saturated rings. The van der Waals surface area contributed by atoms with Crippen LogP contribution in [0.25, 0.3) is 0 Å². The minimum Gasteiger partial charge on any atom is -0.444 e. The summed E-state index contributed by atoms with van der Waals surface area (Å²) in [6, 6.07) is 5.91. The zero-order chi connectivity index (χ0) is 13.9. The highest BCUT2D eigenvalue weighted by Crippen LogP contribution is 2.22. The second kappa shape index (κ2) is 5.79. The number of nitrogens with zero attached hydrogens (tertiary/aromatic N) is 2. The van der Waals surface area contributed by atoms with E-state index in [9.17, 15) is 4.79 Å². The number of hydrogen-bond acceptors (Lipinski definition) is 4. The van der Waals surface area contributed by atoms with Crippen LogP contribution < -0.4 is 10.2 Å². The van der Waals surface area contributed by atoms with Crippen LogP contribution in [-0.4, -0.2) is 36.8 Å². The first-order valence-electron chi connectivity index (χ1n) is 7.37. The van der Waals surface area contributed by atoms with Crippen molar-refractivity contribution in [3.05, 3.63) is 23.9 Å². The quantitative estimate of drug-likeness (QED) is 0.916. The normalized spacial score (nSPS) is 23.9. The third-order valence-electron chi connectivity index (χ3n) is 3.99. The Bertz CT molecular complexity index is 486. The van der Waals surface area contributed by atoms with Crippen LogP contribution in [-0.2, 0) is 11.2 Å². The summed E-state index contributed by atoms with van der Waals surface area (Å²) < 4.78 is 5.16. The maximum absolute atomic E-state index is 11.7. The Kier molecular flexibility index (Phi) is 3.87. The summed E-state index contributed by atoms with van der Waals surface area (Å²) in [5, 5.41) is 3.38. The second-order valence-corrected chi connectivity index (χ2v) is 5.69. The lowest BCUT2D eigenvalue weighted by molar-refractivity contribution is 0.150. The van der Waals surface area contributed by atoms with Crippen molar-refractivity contribution in [2.45, 2.75) is 32.3 Å². The van der Waals surface area contributed by atoms with Crippen molar-refractivity contribution in [2.24, 2.45) is 5.92 Å². The number of ether oxygens (including phenoxy) is 1.